The van der Waals surface area contributed by atoms with Crippen molar-refractivity contribution >= 4 is 18.1 Å². The van der Waals surface area contributed by atoms with Crippen molar-refractivity contribution in [1.82, 2.24) is 5.32 Å². The van der Waals surface area contributed by atoms with Crippen LogP contribution in [0.4, 0.5) is 0 Å². The van der Waals surface area contributed by atoms with Gasteiger partial charge < -0.3 is 20.5 Å². The topological polar surface area (TPSA) is 98.3 Å². The standard InChI is InChI=1S/C17H26N4O3/c1-5-23-16(22)17(2,3)24-14-8-6-13(7-9-14)10-20-11-15(19-4)21-12-18/h6-9,12,20H,5,10-11H2,1-4H3,(H2,18,19,21). The average molecular weight is 334 g/mol. The highest BCUT2D eigenvalue weighted by atomic mass is 16.6. The number of hydrogen-bond acceptors (Lipinski definition) is 5. The van der Waals surface area contributed by atoms with E-state index in [-0.39, 0.29) is 5.97 Å². The van der Waals surface area contributed by atoms with Crippen molar-refractivity contribution in [2.45, 2.75) is 32.9 Å². The summed E-state index contributed by atoms with van der Waals surface area (Å²) in [5.41, 5.74) is 5.30. The summed E-state index contributed by atoms with van der Waals surface area (Å²) in [6.07, 6.45) is 1.22. The number of nitrogens with zero attached hydrogens (tertiary/aromatic N) is 2. The lowest BCUT2D eigenvalue weighted by Gasteiger charge is -2.24. The molecule has 0 spiro atoms. The Morgan fingerprint density at radius 2 is 2.00 bits per heavy atom. The van der Waals surface area contributed by atoms with Crippen LogP contribution >= 0.6 is 0 Å². The van der Waals surface area contributed by atoms with Gasteiger partial charge in [-0.25, -0.2) is 9.79 Å². The second-order valence-electron chi connectivity index (χ2n) is 5.50. The van der Waals surface area contributed by atoms with Crippen LogP contribution in [0.1, 0.15) is 26.3 Å². The van der Waals surface area contributed by atoms with Gasteiger partial charge in [0, 0.05) is 13.6 Å². The van der Waals surface area contributed by atoms with Crippen LogP contribution in [0.2, 0.25) is 0 Å². The van der Waals surface area contributed by atoms with Gasteiger partial charge in [0.25, 0.3) is 0 Å². The Morgan fingerprint density at radius 1 is 1.33 bits per heavy atom. The third-order valence-electron chi connectivity index (χ3n) is 3.16. The van der Waals surface area contributed by atoms with E-state index < -0.39 is 5.60 Å². The minimum absolute atomic E-state index is 0.327. The van der Waals surface area contributed by atoms with Crippen LogP contribution in [0.25, 0.3) is 0 Å². The summed E-state index contributed by atoms with van der Waals surface area (Å²) in [5, 5.41) is 3.23. The SMILES string of the molecule is CCOC(=O)C(C)(C)Oc1ccc(CNCC(N=CN)=NC)cc1. The van der Waals surface area contributed by atoms with E-state index in [9.17, 15) is 4.79 Å². The molecule has 3 N–H and O–H groups in total. The van der Waals surface area contributed by atoms with Gasteiger partial charge >= 0.3 is 5.97 Å². The zero-order valence-corrected chi connectivity index (χ0v) is 14.7. The summed E-state index contributed by atoms with van der Waals surface area (Å²) in [4.78, 5) is 19.8. The van der Waals surface area contributed by atoms with Crippen LogP contribution in [0.3, 0.4) is 0 Å². The third-order valence-corrected chi connectivity index (χ3v) is 3.16. The number of carbonyl (C=O) groups is 1. The number of nitrogens with two attached hydrogens (primary N) is 1. The smallest absolute Gasteiger partial charge is 0.349 e. The fraction of sp³-hybridized carbons (Fsp3) is 0.471. The average Bonchev–Trinajstić information content (AvgIpc) is 2.55. The number of rotatable bonds is 8. The maximum Gasteiger partial charge on any atom is 0.349 e. The Bertz CT molecular complexity index is 580. The van der Waals surface area contributed by atoms with E-state index in [1.807, 2.05) is 24.3 Å². The number of aliphatic imine (C=N–C) groups is 2. The summed E-state index contributed by atoms with van der Waals surface area (Å²) in [5.74, 6) is 0.858. The highest BCUT2D eigenvalue weighted by Gasteiger charge is 2.31. The summed E-state index contributed by atoms with van der Waals surface area (Å²) in [7, 11) is 1.67. The van der Waals surface area contributed by atoms with Gasteiger partial charge in [-0.15, -0.1) is 0 Å². The van der Waals surface area contributed by atoms with Gasteiger partial charge in [-0.3, -0.25) is 4.99 Å². The molecule has 0 aliphatic carbocycles. The van der Waals surface area contributed by atoms with Crippen molar-refractivity contribution < 1.29 is 14.3 Å². The van der Waals surface area contributed by atoms with Crippen molar-refractivity contribution in [1.29, 1.82) is 0 Å². The molecule has 0 atom stereocenters. The van der Waals surface area contributed by atoms with E-state index in [2.05, 4.69) is 15.3 Å². The Morgan fingerprint density at radius 3 is 2.54 bits per heavy atom. The molecule has 0 fully saturated rings. The number of hydrogen-bond donors (Lipinski definition) is 2. The predicted octanol–water partition coefficient (Wildman–Crippen LogP) is 1.51. The van der Waals surface area contributed by atoms with E-state index in [4.69, 9.17) is 15.2 Å². The van der Waals surface area contributed by atoms with Gasteiger partial charge in [0.15, 0.2) is 5.60 Å². The molecule has 1 aromatic rings. The van der Waals surface area contributed by atoms with Crippen LogP contribution < -0.4 is 15.8 Å². The minimum Gasteiger partial charge on any atom is -0.476 e. The first-order valence-corrected chi connectivity index (χ1v) is 7.78. The molecule has 0 unspecified atom stereocenters. The molecule has 24 heavy (non-hydrogen) atoms. The van der Waals surface area contributed by atoms with Gasteiger partial charge in [0.05, 0.1) is 19.5 Å². The normalized spacial score (nSPS) is 12.4. The number of benzene rings is 1. The quantitative estimate of drug-likeness (QED) is 0.426. The molecule has 0 saturated heterocycles. The van der Waals surface area contributed by atoms with Crippen molar-refractivity contribution in [2.75, 3.05) is 20.2 Å². The summed E-state index contributed by atoms with van der Waals surface area (Å²) in [6, 6.07) is 7.51. The molecule has 0 radical (unpaired) electrons. The first-order valence-electron chi connectivity index (χ1n) is 7.78. The van der Waals surface area contributed by atoms with Gasteiger partial charge in [0.2, 0.25) is 0 Å². The zero-order chi connectivity index (χ0) is 18.0. The largest absolute Gasteiger partial charge is 0.476 e. The van der Waals surface area contributed by atoms with Crippen LogP contribution in [-0.2, 0) is 16.1 Å². The van der Waals surface area contributed by atoms with Gasteiger partial charge in [-0.2, -0.15) is 0 Å². The van der Waals surface area contributed by atoms with E-state index in [0.29, 0.717) is 31.3 Å². The minimum atomic E-state index is -1.03. The molecule has 0 bridgehead atoms. The Kier molecular flexibility index (Phi) is 7.91. The Balaban J connectivity index is 2.55. The fourth-order valence-corrected chi connectivity index (χ4v) is 1.90. The van der Waals surface area contributed by atoms with Crippen LogP contribution in [0.5, 0.6) is 5.75 Å². The number of carbonyl (C=O) groups excluding carboxylic acids is 1. The molecule has 7 nitrogen and oxygen atoms in total. The lowest BCUT2D eigenvalue weighted by molar-refractivity contribution is -0.158. The number of amidine groups is 1. The molecule has 0 aliphatic heterocycles. The summed E-state index contributed by atoms with van der Waals surface area (Å²) < 4.78 is 10.7. The molecular weight excluding hydrogens is 308 g/mol. The molecule has 1 rings (SSSR count). The van der Waals surface area contributed by atoms with Gasteiger partial charge in [-0.1, -0.05) is 12.1 Å². The zero-order valence-electron chi connectivity index (χ0n) is 14.7. The second-order valence-corrected chi connectivity index (χ2v) is 5.50. The van der Waals surface area contributed by atoms with E-state index in [0.717, 1.165) is 5.56 Å². The fourth-order valence-electron chi connectivity index (χ4n) is 1.90. The van der Waals surface area contributed by atoms with Gasteiger partial charge in [-0.05, 0) is 38.5 Å². The number of ether oxygens (including phenoxy) is 2. The molecule has 0 aliphatic rings. The molecule has 0 amide bonds. The number of nitrogens with one attached hydrogen (secondary N) is 1. The van der Waals surface area contributed by atoms with Crippen LogP contribution in [0, 0.1) is 0 Å². The van der Waals surface area contributed by atoms with Crippen molar-refractivity contribution in [3.63, 3.8) is 0 Å². The monoisotopic (exact) mass is 334 g/mol. The second kappa shape index (κ2) is 9.67. The molecule has 0 heterocycles. The number of esters is 1. The van der Waals surface area contributed by atoms with Crippen molar-refractivity contribution in [2.24, 2.45) is 15.7 Å². The molecule has 7 heteroatoms. The Hall–Kier alpha value is -2.41. The van der Waals surface area contributed by atoms with Crippen LogP contribution in [0.15, 0.2) is 34.3 Å². The van der Waals surface area contributed by atoms with Crippen molar-refractivity contribution in [3.8, 4) is 5.75 Å². The lowest BCUT2D eigenvalue weighted by Crippen LogP contribution is -2.39. The van der Waals surface area contributed by atoms with Gasteiger partial charge in [0.1, 0.15) is 11.6 Å². The Labute approximate surface area is 143 Å². The first-order chi connectivity index (χ1) is 11.4. The molecule has 1 aromatic carbocycles. The highest BCUT2D eigenvalue weighted by Crippen LogP contribution is 2.20. The van der Waals surface area contributed by atoms with E-state index >= 15 is 0 Å². The molecular formula is C17H26N4O3. The van der Waals surface area contributed by atoms with E-state index in [1.54, 1.807) is 27.8 Å². The molecule has 0 aromatic heterocycles. The third kappa shape index (κ3) is 6.37. The predicted molar refractivity (Wildman–Crippen MR) is 95.5 cm³/mol. The molecule has 132 valence electrons. The highest BCUT2D eigenvalue weighted by molar-refractivity contribution is 5.90. The maximum atomic E-state index is 11.8. The lowest BCUT2D eigenvalue weighted by atomic mass is 10.1. The van der Waals surface area contributed by atoms with E-state index in [1.165, 1.54) is 6.34 Å². The van der Waals surface area contributed by atoms with Crippen molar-refractivity contribution in [3.05, 3.63) is 29.8 Å². The first kappa shape index (κ1) is 19.6. The summed E-state index contributed by atoms with van der Waals surface area (Å²) in [6.45, 7) is 6.64. The summed E-state index contributed by atoms with van der Waals surface area (Å²) >= 11 is 0. The maximum absolute atomic E-state index is 11.8. The van der Waals surface area contributed by atoms with Crippen LogP contribution in [-0.4, -0.2) is 43.9 Å². The molecule has 0 saturated carbocycles.